The molecule has 2 N–H and O–H groups in total. The van der Waals surface area contributed by atoms with Crippen molar-refractivity contribution in [2.24, 2.45) is 5.92 Å². The van der Waals surface area contributed by atoms with E-state index in [-0.39, 0.29) is 11.8 Å². The summed E-state index contributed by atoms with van der Waals surface area (Å²) < 4.78 is 0. The number of amides is 1. The number of para-hydroxylation sites is 2. The molecule has 0 bridgehead atoms. The van der Waals surface area contributed by atoms with Crippen molar-refractivity contribution in [1.82, 2.24) is 10.3 Å². The van der Waals surface area contributed by atoms with Crippen LogP contribution < -0.4 is 5.32 Å². The Kier molecular flexibility index (Phi) is 4.65. The van der Waals surface area contributed by atoms with Gasteiger partial charge in [0.05, 0.1) is 16.6 Å². The molecular formula is C20H20N2O3. The number of carboxylic acid groups (broad SMARTS) is 1. The molecule has 0 radical (unpaired) electrons. The summed E-state index contributed by atoms with van der Waals surface area (Å²) in [6.45, 7) is 3.73. The summed E-state index contributed by atoms with van der Waals surface area (Å²) in [5.41, 5.74) is 1.89. The first-order chi connectivity index (χ1) is 12.0. The maximum Gasteiger partial charge on any atom is 0.326 e. The van der Waals surface area contributed by atoms with Crippen LogP contribution in [0.5, 0.6) is 0 Å². The van der Waals surface area contributed by atoms with E-state index in [0.717, 1.165) is 0 Å². The van der Waals surface area contributed by atoms with Crippen molar-refractivity contribution < 1.29 is 14.7 Å². The predicted molar refractivity (Wildman–Crippen MR) is 97.6 cm³/mol. The van der Waals surface area contributed by atoms with Crippen molar-refractivity contribution in [2.75, 3.05) is 0 Å². The van der Waals surface area contributed by atoms with Crippen LogP contribution in [-0.4, -0.2) is 28.0 Å². The molecule has 1 aromatic heterocycles. The number of rotatable bonds is 5. The van der Waals surface area contributed by atoms with E-state index in [0.29, 0.717) is 33.8 Å². The van der Waals surface area contributed by atoms with Crippen molar-refractivity contribution in [3.63, 3.8) is 0 Å². The molecule has 128 valence electrons. The summed E-state index contributed by atoms with van der Waals surface area (Å²) in [6, 6.07) is 13.9. The van der Waals surface area contributed by atoms with E-state index in [1.165, 1.54) is 0 Å². The molecular weight excluding hydrogens is 316 g/mol. The van der Waals surface area contributed by atoms with Gasteiger partial charge in [-0.2, -0.15) is 0 Å². The Balaban J connectivity index is 2.15. The highest BCUT2D eigenvalue weighted by Crippen LogP contribution is 2.26. The van der Waals surface area contributed by atoms with Crippen molar-refractivity contribution in [3.8, 4) is 0 Å². The second-order valence-corrected chi connectivity index (χ2v) is 6.20. The third-order valence-corrected chi connectivity index (χ3v) is 4.58. The van der Waals surface area contributed by atoms with E-state index in [9.17, 15) is 14.7 Å². The van der Waals surface area contributed by atoms with Gasteiger partial charge < -0.3 is 10.4 Å². The van der Waals surface area contributed by atoms with E-state index in [1.807, 2.05) is 62.4 Å². The van der Waals surface area contributed by atoms with Crippen LogP contribution >= 0.6 is 0 Å². The molecule has 0 unspecified atom stereocenters. The lowest BCUT2D eigenvalue weighted by Gasteiger charge is -2.21. The highest BCUT2D eigenvalue weighted by molar-refractivity contribution is 6.16. The van der Waals surface area contributed by atoms with Crippen LogP contribution in [0.3, 0.4) is 0 Å². The second kappa shape index (κ2) is 6.89. The van der Waals surface area contributed by atoms with E-state index >= 15 is 0 Å². The molecule has 3 rings (SSSR count). The SMILES string of the molecule is CC[C@@H](C)[C@@H](NC(=O)c1c2ccccc2nc2ccccc12)C(=O)O. The number of aliphatic carboxylic acids is 1. The first kappa shape index (κ1) is 16.9. The third kappa shape index (κ3) is 3.18. The number of nitrogens with one attached hydrogen (secondary N) is 1. The van der Waals surface area contributed by atoms with Gasteiger partial charge in [-0.25, -0.2) is 9.78 Å². The smallest absolute Gasteiger partial charge is 0.326 e. The van der Waals surface area contributed by atoms with Crippen LogP contribution in [-0.2, 0) is 4.79 Å². The van der Waals surface area contributed by atoms with Gasteiger partial charge in [-0.15, -0.1) is 0 Å². The standard InChI is InChI=1S/C20H20N2O3/c1-3-12(2)18(20(24)25)22-19(23)17-13-8-4-6-10-15(13)21-16-11-7-5-9-14(16)17/h4-12,18H,3H2,1-2H3,(H,22,23)(H,24,25)/t12-,18-/m1/s1. The molecule has 5 nitrogen and oxygen atoms in total. The Bertz CT molecular complexity index is 898. The van der Waals surface area contributed by atoms with E-state index < -0.39 is 12.0 Å². The van der Waals surface area contributed by atoms with E-state index in [4.69, 9.17) is 0 Å². The normalized spacial score (nSPS) is 13.5. The Morgan fingerprint density at radius 1 is 1.04 bits per heavy atom. The number of carboxylic acids is 1. The van der Waals surface area contributed by atoms with Gasteiger partial charge in [-0.3, -0.25) is 4.79 Å². The number of nitrogens with zero attached hydrogens (tertiary/aromatic N) is 1. The fourth-order valence-electron chi connectivity index (χ4n) is 2.98. The lowest BCUT2D eigenvalue weighted by Crippen LogP contribution is -2.45. The molecule has 0 aliphatic heterocycles. The van der Waals surface area contributed by atoms with Gasteiger partial charge >= 0.3 is 5.97 Å². The largest absolute Gasteiger partial charge is 0.480 e. The molecule has 0 aliphatic carbocycles. The highest BCUT2D eigenvalue weighted by Gasteiger charge is 2.27. The zero-order valence-corrected chi connectivity index (χ0v) is 14.2. The minimum absolute atomic E-state index is 0.166. The zero-order chi connectivity index (χ0) is 18.0. The maximum absolute atomic E-state index is 13.0. The van der Waals surface area contributed by atoms with Crippen molar-refractivity contribution in [2.45, 2.75) is 26.3 Å². The molecule has 1 heterocycles. The van der Waals surface area contributed by atoms with Gasteiger partial charge in [0.25, 0.3) is 5.91 Å². The molecule has 0 spiro atoms. The summed E-state index contributed by atoms with van der Waals surface area (Å²) in [5, 5.41) is 13.6. The van der Waals surface area contributed by atoms with Gasteiger partial charge in [0.15, 0.2) is 0 Å². The Morgan fingerprint density at radius 2 is 1.56 bits per heavy atom. The summed E-state index contributed by atoms with van der Waals surface area (Å²) in [4.78, 5) is 29.2. The lowest BCUT2D eigenvalue weighted by atomic mass is 9.97. The highest BCUT2D eigenvalue weighted by atomic mass is 16.4. The summed E-state index contributed by atoms with van der Waals surface area (Å²) in [6.07, 6.45) is 0.662. The average Bonchev–Trinajstić information content (AvgIpc) is 2.62. The monoisotopic (exact) mass is 336 g/mol. The number of carbonyl (C=O) groups is 2. The Hall–Kier alpha value is -2.95. The molecule has 3 aromatic rings. The second-order valence-electron chi connectivity index (χ2n) is 6.20. The Labute approximate surface area is 145 Å². The van der Waals surface area contributed by atoms with Gasteiger partial charge in [-0.1, -0.05) is 56.7 Å². The average molecular weight is 336 g/mol. The maximum atomic E-state index is 13.0. The topological polar surface area (TPSA) is 79.3 Å². The van der Waals surface area contributed by atoms with Crippen LogP contribution in [0.25, 0.3) is 21.8 Å². The number of fused-ring (bicyclic) bond motifs is 2. The van der Waals surface area contributed by atoms with Crippen LogP contribution in [0.15, 0.2) is 48.5 Å². The van der Waals surface area contributed by atoms with E-state index in [2.05, 4.69) is 10.3 Å². The van der Waals surface area contributed by atoms with Crippen molar-refractivity contribution in [1.29, 1.82) is 0 Å². The molecule has 0 saturated carbocycles. The minimum Gasteiger partial charge on any atom is -0.480 e. The molecule has 0 fully saturated rings. The third-order valence-electron chi connectivity index (χ3n) is 4.58. The number of hydrogen-bond acceptors (Lipinski definition) is 3. The summed E-state index contributed by atoms with van der Waals surface area (Å²) >= 11 is 0. The molecule has 2 atom stereocenters. The molecule has 25 heavy (non-hydrogen) atoms. The quantitative estimate of drug-likeness (QED) is 0.698. The van der Waals surface area contributed by atoms with Gasteiger partial charge in [0.1, 0.15) is 6.04 Å². The molecule has 2 aromatic carbocycles. The molecule has 0 aliphatic rings. The number of pyridine rings is 1. The van der Waals surface area contributed by atoms with Crippen LogP contribution in [0.2, 0.25) is 0 Å². The minimum atomic E-state index is -1.02. The molecule has 5 heteroatoms. The van der Waals surface area contributed by atoms with Crippen LogP contribution in [0.4, 0.5) is 0 Å². The van der Waals surface area contributed by atoms with Crippen LogP contribution in [0.1, 0.15) is 30.6 Å². The summed E-state index contributed by atoms with van der Waals surface area (Å²) in [7, 11) is 0. The number of carbonyl (C=O) groups excluding carboxylic acids is 1. The predicted octanol–water partition coefficient (Wildman–Crippen LogP) is 3.62. The lowest BCUT2D eigenvalue weighted by molar-refractivity contribution is -0.140. The fraction of sp³-hybridized carbons (Fsp3) is 0.250. The van der Waals surface area contributed by atoms with E-state index in [1.54, 1.807) is 0 Å². The summed E-state index contributed by atoms with van der Waals surface area (Å²) in [5.74, 6) is -1.58. The van der Waals surface area contributed by atoms with Crippen molar-refractivity contribution >= 4 is 33.7 Å². The first-order valence-corrected chi connectivity index (χ1v) is 8.34. The first-order valence-electron chi connectivity index (χ1n) is 8.34. The van der Waals surface area contributed by atoms with Gasteiger partial charge in [0, 0.05) is 10.8 Å². The van der Waals surface area contributed by atoms with Crippen LogP contribution in [0, 0.1) is 5.92 Å². The zero-order valence-electron chi connectivity index (χ0n) is 14.2. The number of aromatic nitrogens is 1. The molecule has 0 saturated heterocycles. The van der Waals surface area contributed by atoms with Gasteiger partial charge in [-0.05, 0) is 18.1 Å². The van der Waals surface area contributed by atoms with Crippen molar-refractivity contribution in [3.05, 3.63) is 54.1 Å². The molecule has 1 amide bonds. The number of hydrogen-bond donors (Lipinski definition) is 2. The Morgan fingerprint density at radius 3 is 2.04 bits per heavy atom. The number of benzene rings is 2. The fourth-order valence-corrected chi connectivity index (χ4v) is 2.98. The van der Waals surface area contributed by atoms with Gasteiger partial charge in [0.2, 0.25) is 0 Å².